The lowest BCUT2D eigenvalue weighted by Gasteiger charge is -2.29. The zero-order chi connectivity index (χ0) is 56.6. The summed E-state index contributed by atoms with van der Waals surface area (Å²) < 4.78 is 34.4. The summed E-state index contributed by atoms with van der Waals surface area (Å²) in [6, 6.07) is 0. The van der Waals surface area contributed by atoms with Crippen LogP contribution in [0.25, 0.3) is 0 Å². The third kappa shape index (κ3) is 48.6. The lowest BCUT2D eigenvalue weighted by Crippen LogP contribution is -2.47. The van der Waals surface area contributed by atoms with Crippen LogP contribution in [-0.2, 0) is 57.2 Å². The van der Waals surface area contributed by atoms with E-state index < -0.39 is 6.29 Å². The molecular weight excluding hydrogens is 965 g/mol. The number of allylic oxidation sites excluding steroid dienone is 2. The summed E-state index contributed by atoms with van der Waals surface area (Å²) in [7, 11) is 7.75. The number of rotatable bonds is 52. The molecule has 0 aromatic rings. The van der Waals surface area contributed by atoms with E-state index in [-0.39, 0.29) is 74.3 Å². The summed E-state index contributed by atoms with van der Waals surface area (Å²) in [6.07, 6.45) is 40.2. The van der Waals surface area contributed by atoms with E-state index in [0.29, 0.717) is 54.2 Å². The molecule has 0 heterocycles. The van der Waals surface area contributed by atoms with Crippen molar-refractivity contribution in [2.75, 3.05) is 67.6 Å². The Balaban J connectivity index is 4.76. The molecule has 0 aliphatic carbocycles. The van der Waals surface area contributed by atoms with Crippen molar-refractivity contribution in [2.45, 2.75) is 271 Å². The Kier molecular flexibility index (Phi) is 45.9. The molecule has 0 bridgehead atoms. The van der Waals surface area contributed by atoms with Gasteiger partial charge in [0.1, 0.15) is 38.5 Å². The Morgan fingerprint density at radius 3 is 1.09 bits per heavy atom. The van der Waals surface area contributed by atoms with Gasteiger partial charge in [0.15, 0.2) is 13.1 Å². The van der Waals surface area contributed by atoms with Gasteiger partial charge in [-0.05, 0) is 70.6 Å². The van der Waals surface area contributed by atoms with Crippen molar-refractivity contribution >= 4 is 35.8 Å². The van der Waals surface area contributed by atoms with Gasteiger partial charge < -0.3 is 37.4 Å². The molecule has 0 aliphatic rings. The summed E-state index contributed by atoms with van der Waals surface area (Å²) >= 11 is 0. The Bertz CT molecular complexity index is 1460. The van der Waals surface area contributed by atoms with Crippen LogP contribution in [-0.4, -0.2) is 131 Å². The van der Waals surface area contributed by atoms with E-state index in [1.54, 1.807) is 0 Å². The molecule has 0 aromatic carbocycles. The van der Waals surface area contributed by atoms with Crippen LogP contribution in [0.3, 0.4) is 0 Å². The molecule has 0 aromatic heterocycles. The van der Waals surface area contributed by atoms with Crippen LogP contribution in [0.4, 0.5) is 0 Å². The second kappa shape index (κ2) is 48.4. The molecule has 0 fully saturated rings. The maximum atomic E-state index is 13.0. The van der Waals surface area contributed by atoms with E-state index in [4.69, 9.17) is 28.4 Å². The lowest BCUT2D eigenvalue weighted by molar-refractivity contribution is -0.883. The van der Waals surface area contributed by atoms with Crippen molar-refractivity contribution in [3.05, 3.63) is 24.3 Å². The summed E-state index contributed by atoms with van der Waals surface area (Å²) in [5.41, 5.74) is 0. The predicted molar refractivity (Wildman–Crippen MR) is 305 cm³/mol. The molecule has 442 valence electrons. The fourth-order valence-electron chi connectivity index (χ4n) is 8.90. The van der Waals surface area contributed by atoms with Crippen LogP contribution in [0.15, 0.2) is 24.3 Å². The van der Waals surface area contributed by atoms with Gasteiger partial charge in [-0.25, -0.2) is 9.59 Å². The molecule has 0 spiro atoms. The normalized spacial score (nSPS) is 13.1. The van der Waals surface area contributed by atoms with Crippen LogP contribution in [0.2, 0.25) is 0 Å². The van der Waals surface area contributed by atoms with Gasteiger partial charge in [0, 0.05) is 46.0 Å². The maximum Gasteiger partial charge on any atom is 0.362 e. The molecule has 0 saturated heterocycles. The highest BCUT2D eigenvalue weighted by Crippen LogP contribution is 2.19. The number of nitrogens with zero attached hydrogens (tertiary/aromatic N) is 2. The number of ether oxygens (including phenoxy) is 6. The van der Waals surface area contributed by atoms with Gasteiger partial charge >= 0.3 is 35.8 Å². The molecule has 14 heteroatoms. The Hall–Kier alpha value is -3.78. The van der Waals surface area contributed by atoms with E-state index in [0.717, 1.165) is 148 Å². The number of unbranched alkanes of at least 4 members (excludes halogenated alkanes) is 22. The summed E-state index contributed by atoms with van der Waals surface area (Å²) in [4.78, 5) is 74.0. The number of esters is 6. The van der Waals surface area contributed by atoms with Gasteiger partial charge in [0.25, 0.3) is 0 Å². The molecule has 2 unspecified atom stereocenters. The molecule has 2 atom stereocenters. The topological polar surface area (TPSA) is 158 Å². The molecule has 0 amide bonds. The number of likely N-dealkylation sites (N-methyl/N-ethyl adjacent to an activating group) is 2. The number of hydrogen-bond acceptors (Lipinski definition) is 12. The van der Waals surface area contributed by atoms with Crippen molar-refractivity contribution in [3.8, 4) is 0 Å². The quantitative estimate of drug-likeness (QED) is 0.0142. The maximum absolute atomic E-state index is 13.0. The second-order valence-corrected chi connectivity index (χ2v) is 22.6. The largest absolute Gasteiger partial charge is 0.460 e. The van der Waals surface area contributed by atoms with E-state index in [2.05, 4.69) is 45.1 Å². The van der Waals surface area contributed by atoms with Gasteiger partial charge in [-0.3, -0.25) is 19.2 Å². The molecule has 0 saturated carbocycles. The summed E-state index contributed by atoms with van der Waals surface area (Å²) in [6.45, 7) is 11.4. The lowest BCUT2D eigenvalue weighted by atomic mass is 10.1. The first-order valence-corrected chi connectivity index (χ1v) is 30.4. The molecule has 0 N–H and O–H groups in total. The van der Waals surface area contributed by atoms with E-state index >= 15 is 0 Å². The van der Waals surface area contributed by atoms with E-state index in [9.17, 15) is 28.8 Å². The van der Waals surface area contributed by atoms with Gasteiger partial charge in [-0.1, -0.05) is 161 Å². The fraction of sp³-hybridized carbons (Fsp3) is 0.839. The van der Waals surface area contributed by atoms with Crippen molar-refractivity contribution in [2.24, 2.45) is 0 Å². The van der Waals surface area contributed by atoms with Gasteiger partial charge in [-0.2, -0.15) is 0 Å². The number of carbonyl (C=O) groups is 6. The van der Waals surface area contributed by atoms with Crippen LogP contribution < -0.4 is 0 Å². The highest BCUT2D eigenvalue weighted by Gasteiger charge is 2.26. The number of quaternary nitrogens is 2. The fourth-order valence-corrected chi connectivity index (χ4v) is 8.90. The third-order valence-corrected chi connectivity index (χ3v) is 13.7. The summed E-state index contributed by atoms with van der Waals surface area (Å²) in [5, 5.41) is 0. The first-order valence-electron chi connectivity index (χ1n) is 30.4. The minimum Gasteiger partial charge on any atom is -0.460 e. The van der Waals surface area contributed by atoms with Crippen LogP contribution >= 0.6 is 0 Å². The van der Waals surface area contributed by atoms with Crippen molar-refractivity contribution in [1.29, 1.82) is 0 Å². The minimum atomic E-state index is -0.831. The molecule has 14 nitrogen and oxygen atoms in total. The number of carbonyl (C=O) groups excluding carboxylic acids is 6. The Labute approximate surface area is 463 Å². The molecule has 0 rings (SSSR count). The average Bonchev–Trinajstić information content (AvgIpc) is 3.33. The van der Waals surface area contributed by atoms with Crippen molar-refractivity contribution < 1.29 is 66.2 Å². The molecule has 0 aliphatic heterocycles. The SMILES string of the molecule is CCCCCCCCCC(OC(=O)CCCCCCCC=CCC(CCCCCC)OC(=O)C[N+](C)(C)CCOC(C)=O)OC(=O)CCCCCCCC=CCC(CCCCCC)OC(=O)C[N+](C)(C)CCOC(C)=O. The average molecular weight is 1080 g/mol. The molecule has 76 heavy (non-hydrogen) atoms. The predicted octanol–water partition coefficient (Wildman–Crippen LogP) is 13.9. The van der Waals surface area contributed by atoms with E-state index in [1.807, 2.05) is 28.2 Å². The van der Waals surface area contributed by atoms with Gasteiger partial charge in [0.2, 0.25) is 6.29 Å². The first kappa shape index (κ1) is 72.2. The smallest absolute Gasteiger partial charge is 0.362 e. The minimum absolute atomic E-state index is 0.148. The second-order valence-electron chi connectivity index (χ2n) is 22.6. The Morgan fingerprint density at radius 1 is 0.382 bits per heavy atom. The molecular formula is C62H114N2O12+2. The van der Waals surface area contributed by atoms with Crippen LogP contribution in [0, 0.1) is 0 Å². The van der Waals surface area contributed by atoms with Gasteiger partial charge in [0.05, 0.1) is 28.2 Å². The monoisotopic (exact) mass is 1080 g/mol. The van der Waals surface area contributed by atoms with Crippen molar-refractivity contribution in [1.82, 2.24) is 0 Å². The van der Waals surface area contributed by atoms with Crippen LogP contribution in [0.5, 0.6) is 0 Å². The van der Waals surface area contributed by atoms with Crippen LogP contribution in [0.1, 0.15) is 253 Å². The zero-order valence-corrected chi connectivity index (χ0v) is 50.1. The third-order valence-electron chi connectivity index (χ3n) is 13.7. The van der Waals surface area contributed by atoms with Gasteiger partial charge in [-0.15, -0.1) is 0 Å². The highest BCUT2D eigenvalue weighted by atomic mass is 16.7. The Morgan fingerprint density at radius 2 is 0.711 bits per heavy atom. The zero-order valence-electron chi connectivity index (χ0n) is 50.1. The van der Waals surface area contributed by atoms with Crippen molar-refractivity contribution in [3.63, 3.8) is 0 Å². The standard InChI is InChI=1S/C62H114N2O12/c1-10-13-16-19-24-33-40-47-62(75-58(67)45-38-31-27-22-20-25-29-36-43-56(41-34-17-14-11-2)73-60(69)52-63(6,7)48-50-71-54(4)65)76-59(68)46-39-32-28-23-21-26-30-37-44-57(42-35-18-15-12-3)74-61(70)53-64(8,9)49-51-72-55(5)66/h29-30,36-37,56-57,62H,10-28,31-35,38-53H2,1-9H3/q+2. The summed E-state index contributed by atoms with van der Waals surface area (Å²) in [5.74, 6) is -1.70. The number of hydrogen-bond donors (Lipinski definition) is 0. The molecule has 0 radical (unpaired) electrons. The highest BCUT2D eigenvalue weighted by molar-refractivity contribution is 5.72. The first-order chi connectivity index (χ1) is 36.4. The van der Waals surface area contributed by atoms with E-state index in [1.165, 1.54) is 52.4 Å².